The summed E-state index contributed by atoms with van der Waals surface area (Å²) in [5, 5.41) is 0. The Balaban J connectivity index is -0.0000000193. The van der Waals surface area contributed by atoms with E-state index in [0.717, 1.165) is 0 Å². The summed E-state index contributed by atoms with van der Waals surface area (Å²) in [5.41, 5.74) is 0. The van der Waals surface area contributed by atoms with Crippen molar-refractivity contribution < 1.29 is 122 Å². The quantitative estimate of drug-likeness (QED) is 0.162. The van der Waals surface area contributed by atoms with Crippen molar-refractivity contribution in [2.75, 3.05) is 171 Å². The van der Waals surface area contributed by atoms with E-state index >= 15 is 0 Å². The minimum absolute atomic E-state index is 0. The molecule has 0 N–H and O–H groups in total. The summed E-state index contributed by atoms with van der Waals surface area (Å²) in [6.45, 7) is 0. The molecule has 0 aromatic carbocycles. The van der Waals surface area contributed by atoms with Crippen molar-refractivity contribution in [1.82, 2.24) is 0 Å². The third-order valence-corrected chi connectivity index (χ3v) is 0. The molecule has 0 aromatic rings. The zero-order valence-corrected chi connectivity index (χ0v) is 48.7. The molecule has 0 bridgehead atoms. The molecule has 0 aromatic heterocycles. The summed E-state index contributed by atoms with van der Waals surface area (Å²) in [5.74, 6) is 0. The van der Waals surface area contributed by atoms with Gasteiger partial charge in [-0.1, -0.05) is 0 Å². The van der Waals surface area contributed by atoms with Crippen molar-refractivity contribution in [3.05, 3.63) is 0 Å². The van der Waals surface area contributed by atoms with Crippen LogP contribution >= 0.6 is 0 Å². The number of hydrogen-bond donors (Lipinski definition) is 0. The number of halogens is 4. The monoisotopic (exact) mass is 1300 g/mol. The van der Waals surface area contributed by atoms with Crippen LogP contribution in [0.2, 0.25) is 0 Å². The second-order valence-corrected chi connectivity index (χ2v) is 15.8. The van der Waals surface area contributed by atoms with Gasteiger partial charge in [-0.05, 0) is 0 Å². The first-order valence-corrected chi connectivity index (χ1v) is 24.5. The van der Waals surface area contributed by atoms with E-state index in [9.17, 15) is 0 Å². The molecule has 0 heterocycles. The number of rotatable bonds is 0. The molecule has 0 aliphatic rings. The summed E-state index contributed by atoms with van der Waals surface area (Å²) in [6, 6.07) is 0. The topological polar surface area (TPSA) is 250 Å². The van der Waals surface area contributed by atoms with Crippen LogP contribution in [0.3, 0.4) is 0 Å². The van der Waals surface area contributed by atoms with Gasteiger partial charge in [0.25, 0.3) is 0 Å². The molecule has 0 spiro atoms. The Morgan fingerprint density at radius 1 is 0.212 bits per heavy atom. The summed E-state index contributed by atoms with van der Waals surface area (Å²) in [7, 11) is 46.0. The van der Waals surface area contributed by atoms with E-state index in [1.807, 2.05) is 171 Å². The fourth-order valence-corrected chi connectivity index (χ4v) is 0. The molecule has 0 saturated carbocycles. The standard InChI is InChI=1S/8C3H9O.4ClH.12O.4Sb/c8*1-4(2)3;;;;;;;;;;;;;;;;;;;;/h8*1-3H3;4*1H;;;;;;;;;;;;;;;;/q8*+1;;;;;;;;;;;;;4*-1;;;;/p-4. The SMILES string of the molecule is C[O+](C)C.C[O+](C)C.C[O+](C)C.C[O+](C)C.C[O+](C)C.C[O+](C)C.C[O+](C)C.C[O+](C)C.[Cl-].[Cl-].[Cl-].[Cl-].[O]=[Sb](=[O])[O-].[O]=[Sb](=[O])[O-].[O]=[Sb](=[O])[O-].[O]=[Sb](=[O])[O-]. The first kappa shape index (κ1) is 105. The molecule has 28 heteroatoms. The number of hydrogen-bond acceptors (Lipinski definition) is 12. The molecule has 0 aliphatic carbocycles. The van der Waals surface area contributed by atoms with Gasteiger partial charge in [0.1, 0.15) is 171 Å². The Kier molecular flexibility index (Phi) is 201. The van der Waals surface area contributed by atoms with Gasteiger partial charge in [-0.2, -0.15) is 0 Å². The molecule has 52 heavy (non-hydrogen) atoms. The van der Waals surface area contributed by atoms with Crippen LogP contribution in [0.15, 0.2) is 0 Å². The average Bonchev–Trinajstić information content (AvgIpc) is 2.61. The Labute approximate surface area is 371 Å². The van der Waals surface area contributed by atoms with Crippen molar-refractivity contribution >= 4 is 82.4 Å². The predicted octanol–water partition coefficient (Wildman–Crippen LogP) is -15.8. The van der Waals surface area contributed by atoms with E-state index in [0.29, 0.717) is 0 Å². The van der Waals surface area contributed by atoms with Crippen molar-refractivity contribution in [2.24, 2.45) is 0 Å². The van der Waals surface area contributed by atoms with Gasteiger partial charge in [0.15, 0.2) is 0 Å². The molecule has 336 valence electrons. The Morgan fingerprint density at radius 3 is 0.212 bits per heavy atom. The maximum atomic E-state index is 8.60. The fourth-order valence-electron chi connectivity index (χ4n) is 0. The first-order chi connectivity index (χ1) is 20.8. The van der Waals surface area contributed by atoms with E-state index < -0.39 is 82.4 Å². The Hall–Kier alpha value is 2.35. The van der Waals surface area contributed by atoms with Crippen LogP contribution in [-0.4, -0.2) is 253 Å². The van der Waals surface area contributed by atoms with Gasteiger partial charge >= 0.3 is 120 Å². The Morgan fingerprint density at radius 2 is 0.212 bits per heavy atom. The van der Waals surface area contributed by atoms with E-state index in [4.69, 9.17) is 37.7 Å². The second kappa shape index (κ2) is 99.4. The van der Waals surface area contributed by atoms with Gasteiger partial charge in [-0.3, -0.25) is 0 Å². The van der Waals surface area contributed by atoms with Crippen molar-refractivity contribution in [1.29, 1.82) is 0 Å². The molecule has 0 rings (SSSR count). The average molecular weight is 1310 g/mol. The molecule has 0 aliphatic heterocycles. The van der Waals surface area contributed by atoms with Gasteiger partial charge in [-0.25, -0.2) is 0 Å². The zero-order chi connectivity index (χ0) is 42.9. The van der Waals surface area contributed by atoms with Crippen LogP contribution in [0.25, 0.3) is 0 Å². The molecule has 0 saturated heterocycles. The third kappa shape index (κ3) is 24900. The van der Waals surface area contributed by atoms with E-state index in [2.05, 4.69) is 34.9 Å². The molecule has 20 nitrogen and oxygen atoms in total. The zero-order valence-electron chi connectivity index (χ0n) is 35.5. The van der Waals surface area contributed by atoms with Gasteiger partial charge in [0.2, 0.25) is 0 Å². The van der Waals surface area contributed by atoms with Crippen LogP contribution < -0.4 is 63.2 Å². The van der Waals surface area contributed by atoms with Crippen LogP contribution in [0.4, 0.5) is 0 Å². The van der Waals surface area contributed by atoms with E-state index in [-0.39, 0.29) is 49.6 Å². The molecule has 0 unspecified atom stereocenters. The molecule has 0 atom stereocenters. The fraction of sp³-hybridized carbons (Fsp3) is 1.00. The first-order valence-electron chi connectivity index (χ1n) is 12.0. The predicted molar refractivity (Wildman–Crippen MR) is 179 cm³/mol. The van der Waals surface area contributed by atoms with E-state index in [1.165, 1.54) is 0 Å². The van der Waals surface area contributed by atoms with E-state index in [1.54, 1.807) is 0 Å². The van der Waals surface area contributed by atoms with Crippen molar-refractivity contribution in [3.8, 4) is 0 Å². The minimum atomic E-state index is -4.20. The Bertz CT molecular complexity index is 590. The maximum absolute atomic E-state index is 8.60. The molecule has 0 radical (unpaired) electrons. The van der Waals surface area contributed by atoms with Gasteiger partial charge < -0.3 is 84.6 Å². The van der Waals surface area contributed by atoms with Crippen LogP contribution in [0.5, 0.6) is 0 Å². The van der Waals surface area contributed by atoms with Crippen LogP contribution in [0.1, 0.15) is 0 Å². The summed E-state index contributed by atoms with van der Waals surface area (Å²) < 4.78 is 124. The van der Waals surface area contributed by atoms with Crippen molar-refractivity contribution in [2.45, 2.75) is 0 Å². The molecular formula is C24H72Cl4O20Sb4. The third-order valence-electron chi connectivity index (χ3n) is 0. The summed E-state index contributed by atoms with van der Waals surface area (Å²) in [6.07, 6.45) is 0. The van der Waals surface area contributed by atoms with Crippen LogP contribution in [0, 0.1) is 0 Å². The molecule has 0 amide bonds. The molecule has 0 fully saturated rings. The second-order valence-electron chi connectivity index (χ2n) is 10.7. The van der Waals surface area contributed by atoms with Gasteiger partial charge in [0.05, 0.1) is 0 Å². The van der Waals surface area contributed by atoms with Crippen LogP contribution in [-0.2, 0) is 59.1 Å². The van der Waals surface area contributed by atoms with Gasteiger partial charge in [0, 0.05) is 0 Å². The summed E-state index contributed by atoms with van der Waals surface area (Å²) in [4.78, 5) is 0. The van der Waals surface area contributed by atoms with Gasteiger partial charge in [-0.15, -0.1) is 0 Å². The summed E-state index contributed by atoms with van der Waals surface area (Å²) >= 11 is -16.8. The normalized spacial score (nSPS) is 7.46. The van der Waals surface area contributed by atoms with Crippen molar-refractivity contribution in [3.63, 3.8) is 0 Å². The molecular weight excluding hydrogens is 1240 g/mol.